The van der Waals surface area contributed by atoms with Crippen molar-refractivity contribution in [3.63, 3.8) is 0 Å². The number of likely N-dealkylation sites (tertiary alicyclic amines) is 1. The van der Waals surface area contributed by atoms with E-state index in [4.69, 9.17) is 0 Å². The van der Waals surface area contributed by atoms with Crippen molar-refractivity contribution in [2.24, 2.45) is 7.05 Å². The third kappa shape index (κ3) is 5.20. The molecule has 10 heteroatoms. The summed E-state index contributed by atoms with van der Waals surface area (Å²) in [5, 5.41) is 14.4. The highest BCUT2D eigenvalue weighted by Gasteiger charge is 2.23. The molecule has 1 aliphatic heterocycles. The summed E-state index contributed by atoms with van der Waals surface area (Å²) in [5.74, 6) is -0.0641. The first kappa shape index (κ1) is 21.7. The zero-order valence-corrected chi connectivity index (χ0v) is 18.1. The molecule has 9 nitrogen and oxygen atoms in total. The van der Waals surface area contributed by atoms with Crippen molar-refractivity contribution in [1.29, 1.82) is 0 Å². The van der Waals surface area contributed by atoms with Gasteiger partial charge in [-0.25, -0.2) is 9.07 Å². The summed E-state index contributed by atoms with van der Waals surface area (Å²) >= 11 is 0. The summed E-state index contributed by atoms with van der Waals surface area (Å²) in [6.45, 7) is 3.50. The van der Waals surface area contributed by atoms with Crippen LogP contribution in [0.5, 0.6) is 0 Å². The first-order valence-corrected chi connectivity index (χ1v) is 10.5. The third-order valence-corrected chi connectivity index (χ3v) is 5.43. The SMILES string of the molecule is Cc1cc(NC(=O)CN2CCC(NC(=O)c3cnn(C)c3)CC2)n(-c2ccc(F)cc2)n1. The molecule has 0 saturated carbocycles. The first-order chi connectivity index (χ1) is 15.4. The average Bonchev–Trinajstić information content (AvgIpc) is 3.35. The van der Waals surface area contributed by atoms with Crippen molar-refractivity contribution >= 4 is 17.6 Å². The molecule has 3 heterocycles. The molecule has 1 saturated heterocycles. The van der Waals surface area contributed by atoms with Gasteiger partial charge in [0, 0.05) is 38.4 Å². The number of aryl methyl sites for hydroxylation is 2. The van der Waals surface area contributed by atoms with E-state index in [2.05, 4.69) is 25.7 Å². The van der Waals surface area contributed by atoms with Gasteiger partial charge in [0.05, 0.1) is 29.7 Å². The summed E-state index contributed by atoms with van der Waals surface area (Å²) in [6, 6.07) is 7.79. The van der Waals surface area contributed by atoms with Crippen LogP contribution in [-0.2, 0) is 11.8 Å². The molecular formula is C22H26FN7O2. The molecule has 4 rings (SSSR count). The fourth-order valence-electron chi connectivity index (χ4n) is 3.80. The number of anilines is 1. The Morgan fingerprint density at radius 2 is 1.91 bits per heavy atom. The number of nitrogens with zero attached hydrogens (tertiary/aromatic N) is 5. The lowest BCUT2D eigenvalue weighted by Crippen LogP contribution is -2.46. The van der Waals surface area contributed by atoms with E-state index in [1.807, 2.05) is 6.92 Å². The van der Waals surface area contributed by atoms with Crippen molar-refractivity contribution in [3.05, 3.63) is 59.8 Å². The molecule has 0 atom stereocenters. The Balaban J connectivity index is 1.29. The highest BCUT2D eigenvalue weighted by molar-refractivity contribution is 5.94. The van der Waals surface area contributed by atoms with Crippen LogP contribution in [0.15, 0.2) is 42.7 Å². The lowest BCUT2D eigenvalue weighted by atomic mass is 10.0. The van der Waals surface area contributed by atoms with Gasteiger partial charge in [0.25, 0.3) is 5.91 Å². The molecule has 0 spiro atoms. The van der Waals surface area contributed by atoms with Crippen LogP contribution in [0.4, 0.5) is 10.2 Å². The molecular weight excluding hydrogens is 413 g/mol. The molecule has 3 aromatic rings. The maximum Gasteiger partial charge on any atom is 0.254 e. The highest BCUT2D eigenvalue weighted by atomic mass is 19.1. The molecule has 2 N–H and O–H groups in total. The molecule has 1 aromatic carbocycles. The molecule has 2 aromatic heterocycles. The van der Waals surface area contributed by atoms with E-state index in [1.165, 1.54) is 12.1 Å². The van der Waals surface area contributed by atoms with Gasteiger partial charge < -0.3 is 10.6 Å². The molecule has 0 aliphatic carbocycles. The number of carbonyl (C=O) groups is 2. The normalized spacial score (nSPS) is 15.0. The Morgan fingerprint density at radius 3 is 2.56 bits per heavy atom. The van der Waals surface area contributed by atoms with Gasteiger partial charge in [-0.1, -0.05) is 0 Å². The number of aromatic nitrogens is 4. The summed E-state index contributed by atoms with van der Waals surface area (Å²) in [4.78, 5) is 27.0. The molecule has 1 aliphatic rings. The molecule has 1 fully saturated rings. The van der Waals surface area contributed by atoms with Gasteiger partial charge in [0.2, 0.25) is 5.91 Å². The minimum atomic E-state index is -0.330. The molecule has 0 radical (unpaired) electrons. The van der Waals surface area contributed by atoms with Gasteiger partial charge in [0.1, 0.15) is 11.6 Å². The monoisotopic (exact) mass is 439 g/mol. The second kappa shape index (κ2) is 9.31. The minimum absolute atomic E-state index is 0.0737. The molecule has 168 valence electrons. The number of nitrogens with one attached hydrogen (secondary N) is 2. The van der Waals surface area contributed by atoms with Crippen LogP contribution < -0.4 is 10.6 Å². The average molecular weight is 439 g/mol. The number of carbonyl (C=O) groups excluding carboxylic acids is 2. The fraction of sp³-hybridized carbons (Fsp3) is 0.364. The van der Waals surface area contributed by atoms with Gasteiger partial charge in [-0.05, 0) is 44.0 Å². The first-order valence-electron chi connectivity index (χ1n) is 10.5. The number of benzene rings is 1. The van der Waals surface area contributed by atoms with Crippen molar-refractivity contribution in [1.82, 2.24) is 29.8 Å². The van der Waals surface area contributed by atoms with Crippen LogP contribution in [0.3, 0.4) is 0 Å². The largest absolute Gasteiger partial charge is 0.349 e. The molecule has 2 amide bonds. The van der Waals surface area contributed by atoms with E-state index in [0.29, 0.717) is 30.2 Å². The van der Waals surface area contributed by atoms with Crippen LogP contribution in [0.25, 0.3) is 5.69 Å². The number of halogens is 1. The van der Waals surface area contributed by atoms with E-state index >= 15 is 0 Å². The van der Waals surface area contributed by atoms with Crippen molar-refractivity contribution in [2.45, 2.75) is 25.8 Å². The quantitative estimate of drug-likeness (QED) is 0.611. The van der Waals surface area contributed by atoms with Crippen molar-refractivity contribution in [3.8, 4) is 5.69 Å². The van der Waals surface area contributed by atoms with E-state index < -0.39 is 0 Å². The Morgan fingerprint density at radius 1 is 1.19 bits per heavy atom. The fourth-order valence-corrected chi connectivity index (χ4v) is 3.80. The summed E-state index contributed by atoms with van der Waals surface area (Å²) in [7, 11) is 1.77. The van der Waals surface area contributed by atoms with E-state index in [0.717, 1.165) is 18.5 Å². The molecule has 0 bridgehead atoms. The number of hydrogen-bond acceptors (Lipinski definition) is 5. The van der Waals surface area contributed by atoms with Crippen LogP contribution in [0.2, 0.25) is 0 Å². The third-order valence-electron chi connectivity index (χ3n) is 5.43. The van der Waals surface area contributed by atoms with Crippen molar-refractivity contribution in [2.75, 3.05) is 25.0 Å². The van der Waals surface area contributed by atoms with E-state index in [1.54, 1.807) is 47.0 Å². The second-order valence-corrected chi connectivity index (χ2v) is 8.03. The topological polar surface area (TPSA) is 97.1 Å². The second-order valence-electron chi connectivity index (χ2n) is 8.03. The minimum Gasteiger partial charge on any atom is -0.349 e. The lowest BCUT2D eigenvalue weighted by molar-refractivity contribution is -0.117. The predicted octanol–water partition coefficient (Wildman–Crippen LogP) is 1.89. The maximum atomic E-state index is 13.2. The maximum absolute atomic E-state index is 13.2. The Bertz CT molecular complexity index is 1100. The van der Waals surface area contributed by atoms with Crippen molar-refractivity contribution < 1.29 is 14.0 Å². The zero-order valence-electron chi connectivity index (χ0n) is 18.1. The zero-order chi connectivity index (χ0) is 22.7. The van der Waals surface area contributed by atoms with Crippen LogP contribution in [0.1, 0.15) is 28.9 Å². The number of hydrogen-bond donors (Lipinski definition) is 2. The summed E-state index contributed by atoms with van der Waals surface area (Å²) in [6.07, 6.45) is 4.78. The van der Waals surface area contributed by atoms with Gasteiger partial charge in [-0.15, -0.1) is 0 Å². The highest BCUT2D eigenvalue weighted by Crippen LogP contribution is 2.18. The van der Waals surface area contributed by atoms with E-state index in [9.17, 15) is 14.0 Å². The van der Waals surface area contributed by atoms with Gasteiger partial charge >= 0.3 is 0 Å². The Labute approximate surface area is 185 Å². The predicted molar refractivity (Wildman–Crippen MR) is 117 cm³/mol. The number of piperidine rings is 1. The number of rotatable bonds is 6. The van der Waals surface area contributed by atoms with Gasteiger partial charge in [0.15, 0.2) is 0 Å². The number of amides is 2. The molecule has 32 heavy (non-hydrogen) atoms. The summed E-state index contributed by atoms with van der Waals surface area (Å²) in [5.41, 5.74) is 1.96. The van der Waals surface area contributed by atoms with Crippen LogP contribution >= 0.6 is 0 Å². The van der Waals surface area contributed by atoms with Crippen LogP contribution in [-0.4, -0.2) is 62.0 Å². The van der Waals surface area contributed by atoms with Crippen LogP contribution in [0, 0.1) is 12.7 Å². The van der Waals surface area contributed by atoms with Gasteiger partial charge in [-0.2, -0.15) is 10.2 Å². The Kier molecular flexibility index (Phi) is 6.31. The summed E-state index contributed by atoms with van der Waals surface area (Å²) < 4.78 is 16.4. The lowest BCUT2D eigenvalue weighted by Gasteiger charge is -2.31. The smallest absolute Gasteiger partial charge is 0.254 e. The molecule has 0 unspecified atom stereocenters. The van der Waals surface area contributed by atoms with Gasteiger partial charge in [-0.3, -0.25) is 19.2 Å². The van der Waals surface area contributed by atoms with E-state index in [-0.39, 0.29) is 30.2 Å². The standard InChI is InChI=1S/C22H26FN7O2/c1-15-11-20(30(27-15)19-5-3-17(23)4-6-19)26-21(31)14-29-9-7-18(8-10-29)25-22(32)16-12-24-28(2)13-16/h3-6,11-13,18H,7-10,14H2,1-2H3,(H,25,32)(H,26,31). The Hall–Kier alpha value is -3.53.